The summed E-state index contributed by atoms with van der Waals surface area (Å²) in [4.78, 5) is 36.8. The average Bonchev–Trinajstić information content (AvgIpc) is 2.53. The van der Waals surface area contributed by atoms with Crippen LogP contribution in [0.1, 0.15) is 35.2 Å². The van der Waals surface area contributed by atoms with Crippen LogP contribution in [0.2, 0.25) is 0 Å². The Kier molecular flexibility index (Phi) is 5.14. The molecule has 1 aromatic carbocycles. The third-order valence-corrected chi connectivity index (χ3v) is 3.77. The van der Waals surface area contributed by atoms with Crippen LogP contribution in [0, 0.1) is 6.92 Å². The molecular weight excluding hydrogens is 284 g/mol. The first-order valence-corrected chi connectivity index (χ1v) is 7.31. The van der Waals surface area contributed by atoms with E-state index in [1.54, 1.807) is 24.3 Å². The number of nitrogens with two attached hydrogens (primary N) is 1. The molecule has 1 aromatic rings. The Labute approximate surface area is 129 Å². The summed E-state index contributed by atoms with van der Waals surface area (Å²) in [6, 6.07) is 6.29. The molecule has 0 saturated carbocycles. The Balaban J connectivity index is 1.92. The zero-order valence-electron chi connectivity index (χ0n) is 12.6. The van der Waals surface area contributed by atoms with Crippen molar-refractivity contribution in [2.45, 2.75) is 32.2 Å². The Bertz CT molecular complexity index is 568. The maximum Gasteiger partial charge on any atom is 0.338 e. The van der Waals surface area contributed by atoms with E-state index in [9.17, 15) is 14.4 Å². The fraction of sp³-hybridized carbons (Fsp3) is 0.438. The van der Waals surface area contributed by atoms with Gasteiger partial charge in [0.1, 0.15) is 6.04 Å². The number of hydrogen-bond acceptors (Lipinski definition) is 4. The minimum atomic E-state index is -0.598. The molecule has 0 unspecified atom stereocenters. The molecule has 1 atom stereocenters. The number of piperidine rings is 1. The molecule has 22 heavy (non-hydrogen) atoms. The van der Waals surface area contributed by atoms with Gasteiger partial charge < -0.3 is 15.4 Å². The topological polar surface area (TPSA) is 89.7 Å². The van der Waals surface area contributed by atoms with E-state index in [0.29, 0.717) is 18.5 Å². The van der Waals surface area contributed by atoms with Crippen LogP contribution in [-0.4, -0.2) is 41.9 Å². The molecule has 0 bridgehead atoms. The summed E-state index contributed by atoms with van der Waals surface area (Å²) in [6.45, 7) is 2.00. The first kappa shape index (κ1) is 16.0. The number of amides is 2. The van der Waals surface area contributed by atoms with Gasteiger partial charge in [-0.1, -0.05) is 17.7 Å². The monoisotopic (exact) mass is 304 g/mol. The highest BCUT2D eigenvalue weighted by molar-refractivity contribution is 5.92. The van der Waals surface area contributed by atoms with E-state index < -0.39 is 17.9 Å². The van der Waals surface area contributed by atoms with Gasteiger partial charge in [0.05, 0.1) is 5.56 Å². The van der Waals surface area contributed by atoms with Crippen LogP contribution in [0.15, 0.2) is 24.3 Å². The third-order valence-electron chi connectivity index (χ3n) is 3.77. The van der Waals surface area contributed by atoms with E-state index >= 15 is 0 Å². The van der Waals surface area contributed by atoms with E-state index in [4.69, 9.17) is 10.5 Å². The Morgan fingerprint density at radius 1 is 1.23 bits per heavy atom. The second-order valence-corrected chi connectivity index (χ2v) is 5.44. The standard InChI is InChI=1S/C16H20N2O4/c1-11-5-7-12(8-6-11)16(21)22-10-14(19)18-9-3-2-4-13(18)15(17)20/h5-8,13H,2-4,9-10H2,1H3,(H2,17,20)/t13-/m0/s1. The molecule has 118 valence electrons. The van der Waals surface area contributed by atoms with E-state index in [1.165, 1.54) is 4.90 Å². The summed E-state index contributed by atoms with van der Waals surface area (Å²) in [6.07, 6.45) is 2.24. The first-order valence-electron chi connectivity index (χ1n) is 7.31. The molecule has 2 amide bonds. The first-order chi connectivity index (χ1) is 10.5. The lowest BCUT2D eigenvalue weighted by Gasteiger charge is -2.33. The Morgan fingerprint density at radius 2 is 1.91 bits per heavy atom. The van der Waals surface area contributed by atoms with Crippen molar-refractivity contribution >= 4 is 17.8 Å². The fourth-order valence-corrected chi connectivity index (χ4v) is 2.51. The largest absolute Gasteiger partial charge is 0.452 e. The molecule has 1 saturated heterocycles. The van der Waals surface area contributed by atoms with Crippen molar-refractivity contribution in [2.24, 2.45) is 5.73 Å². The van der Waals surface area contributed by atoms with Crippen LogP contribution in [0.5, 0.6) is 0 Å². The quantitative estimate of drug-likeness (QED) is 0.841. The van der Waals surface area contributed by atoms with E-state index in [2.05, 4.69) is 0 Å². The summed E-state index contributed by atoms with van der Waals surface area (Å²) < 4.78 is 5.03. The second kappa shape index (κ2) is 7.06. The van der Waals surface area contributed by atoms with Crippen LogP contribution >= 0.6 is 0 Å². The third kappa shape index (κ3) is 3.84. The zero-order chi connectivity index (χ0) is 16.1. The van der Waals surface area contributed by atoms with Gasteiger partial charge in [0, 0.05) is 6.54 Å². The summed E-state index contributed by atoms with van der Waals surface area (Å²) in [5.74, 6) is -1.46. The van der Waals surface area contributed by atoms with Crippen LogP contribution in [0.4, 0.5) is 0 Å². The van der Waals surface area contributed by atoms with Crippen molar-refractivity contribution < 1.29 is 19.1 Å². The smallest absolute Gasteiger partial charge is 0.338 e. The zero-order valence-corrected chi connectivity index (χ0v) is 12.6. The SMILES string of the molecule is Cc1ccc(C(=O)OCC(=O)N2CCCC[C@H]2C(N)=O)cc1. The van der Waals surface area contributed by atoms with Crippen molar-refractivity contribution in [1.29, 1.82) is 0 Å². The van der Waals surface area contributed by atoms with Gasteiger partial charge >= 0.3 is 5.97 Å². The molecule has 2 rings (SSSR count). The predicted molar refractivity (Wildman–Crippen MR) is 80.0 cm³/mol. The molecule has 2 N–H and O–H groups in total. The molecular formula is C16H20N2O4. The maximum atomic E-state index is 12.1. The van der Waals surface area contributed by atoms with Gasteiger partial charge in [-0.05, 0) is 38.3 Å². The molecule has 1 aliphatic rings. The number of carbonyl (C=O) groups excluding carboxylic acids is 3. The summed E-state index contributed by atoms with van der Waals surface area (Å²) >= 11 is 0. The average molecular weight is 304 g/mol. The van der Waals surface area contributed by atoms with Crippen molar-refractivity contribution in [3.05, 3.63) is 35.4 Å². The van der Waals surface area contributed by atoms with Gasteiger partial charge in [-0.15, -0.1) is 0 Å². The molecule has 6 heteroatoms. The van der Waals surface area contributed by atoms with Crippen molar-refractivity contribution in [3.63, 3.8) is 0 Å². The number of benzene rings is 1. The summed E-state index contributed by atoms with van der Waals surface area (Å²) in [5.41, 5.74) is 6.74. The highest BCUT2D eigenvalue weighted by atomic mass is 16.5. The number of nitrogens with zero attached hydrogens (tertiary/aromatic N) is 1. The molecule has 1 heterocycles. The molecule has 1 fully saturated rings. The van der Waals surface area contributed by atoms with Crippen LogP contribution in [0.25, 0.3) is 0 Å². The molecule has 0 spiro atoms. The van der Waals surface area contributed by atoms with Gasteiger partial charge in [-0.2, -0.15) is 0 Å². The second-order valence-electron chi connectivity index (χ2n) is 5.44. The molecule has 0 radical (unpaired) electrons. The Hall–Kier alpha value is -2.37. The number of ether oxygens (including phenoxy) is 1. The lowest BCUT2D eigenvalue weighted by atomic mass is 10.0. The minimum Gasteiger partial charge on any atom is -0.452 e. The number of aryl methyl sites for hydroxylation is 1. The van der Waals surface area contributed by atoms with E-state index in [-0.39, 0.29) is 12.5 Å². The summed E-state index contributed by atoms with van der Waals surface area (Å²) in [7, 11) is 0. The number of primary amides is 1. The number of esters is 1. The van der Waals surface area contributed by atoms with Crippen molar-refractivity contribution in [2.75, 3.05) is 13.2 Å². The van der Waals surface area contributed by atoms with Gasteiger partial charge in [-0.25, -0.2) is 4.79 Å². The van der Waals surface area contributed by atoms with Crippen LogP contribution in [-0.2, 0) is 14.3 Å². The predicted octanol–water partition coefficient (Wildman–Crippen LogP) is 1.02. The van der Waals surface area contributed by atoms with Crippen molar-refractivity contribution in [3.8, 4) is 0 Å². The Morgan fingerprint density at radius 3 is 2.55 bits per heavy atom. The highest BCUT2D eigenvalue weighted by Gasteiger charge is 2.30. The summed E-state index contributed by atoms with van der Waals surface area (Å²) in [5, 5.41) is 0. The minimum absolute atomic E-state index is 0.378. The van der Waals surface area contributed by atoms with E-state index in [0.717, 1.165) is 18.4 Å². The molecule has 0 aliphatic carbocycles. The molecule has 1 aliphatic heterocycles. The highest BCUT2D eigenvalue weighted by Crippen LogP contribution is 2.17. The van der Waals surface area contributed by atoms with Gasteiger partial charge in [0.2, 0.25) is 5.91 Å². The van der Waals surface area contributed by atoms with Gasteiger partial charge in [0.15, 0.2) is 6.61 Å². The lowest BCUT2D eigenvalue weighted by Crippen LogP contribution is -2.51. The van der Waals surface area contributed by atoms with Crippen LogP contribution in [0.3, 0.4) is 0 Å². The maximum absolute atomic E-state index is 12.1. The number of hydrogen-bond donors (Lipinski definition) is 1. The molecule has 0 aromatic heterocycles. The number of carbonyl (C=O) groups is 3. The van der Waals surface area contributed by atoms with Crippen LogP contribution < -0.4 is 5.73 Å². The van der Waals surface area contributed by atoms with Gasteiger partial charge in [0.25, 0.3) is 5.91 Å². The van der Waals surface area contributed by atoms with E-state index in [1.807, 2.05) is 6.92 Å². The normalized spacial score (nSPS) is 17.9. The lowest BCUT2D eigenvalue weighted by molar-refractivity contribution is -0.143. The number of likely N-dealkylation sites (tertiary alicyclic amines) is 1. The fourth-order valence-electron chi connectivity index (χ4n) is 2.51. The molecule has 6 nitrogen and oxygen atoms in total. The van der Waals surface area contributed by atoms with Crippen molar-refractivity contribution in [1.82, 2.24) is 4.90 Å². The number of rotatable bonds is 4. The van der Waals surface area contributed by atoms with Gasteiger partial charge in [-0.3, -0.25) is 9.59 Å².